The monoisotopic (exact) mass is 363 g/mol. The van der Waals surface area contributed by atoms with Crippen LogP contribution in [0, 0.1) is 0 Å². The van der Waals surface area contributed by atoms with Gasteiger partial charge in [-0.3, -0.25) is 4.99 Å². The Balaban J connectivity index is 1.77. The van der Waals surface area contributed by atoms with Crippen LogP contribution in [0.15, 0.2) is 52.9 Å². The molecule has 2 aromatic rings. The van der Waals surface area contributed by atoms with Crippen molar-refractivity contribution in [2.24, 2.45) is 4.99 Å². The van der Waals surface area contributed by atoms with Crippen LogP contribution in [0.3, 0.4) is 0 Å². The maximum absolute atomic E-state index is 9.71. The molecular formula is C18H18ClNOS2. The van der Waals surface area contributed by atoms with Crippen molar-refractivity contribution >= 4 is 49.8 Å². The number of rotatable bonds is 2. The smallest absolute Gasteiger partial charge is 0.113 e. The highest BCUT2D eigenvalue weighted by atomic mass is 35.5. The first-order valence-electron chi connectivity index (χ1n) is 7.57. The van der Waals surface area contributed by atoms with Crippen LogP contribution in [0.1, 0.15) is 31.1 Å². The molecule has 0 aliphatic carbocycles. The van der Waals surface area contributed by atoms with E-state index in [1.54, 1.807) is 29.2 Å². The third-order valence-electron chi connectivity index (χ3n) is 3.58. The van der Waals surface area contributed by atoms with Crippen LogP contribution >= 0.6 is 34.7 Å². The third-order valence-corrected chi connectivity index (χ3v) is 6.54. The topological polar surface area (TPSA) is 32.6 Å². The molecule has 0 saturated heterocycles. The predicted octanol–water partition coefficient (Wildman–Crippen LogP) is 6.72. The minimum Gasteiger partial charge on any atom is -0.508 e. The molecule has 0 bridgehead atoms. The summed E-state index contributed by atoms with van der Waals surface area (Å²) < 4.78 is 1.23. The first-order chi connectivity index (χ1) is 11.1. The zero-order valence-corrected chi connectivity index (χ0v) is 15.3. The molecule has 0 amide bonds. The average Bonchev–Trinajstić information content (AvgIpc) is 2.88. The molecule has 1 N–H and O–H groups in total. The van der Waals surface area contributed by atoms with E-state index in [9.17, 15) is 5.11 Å². The maximum Gasteiger partial charge on any atom is 0.113 e. The van der Waals surface area contributed by atoms with Gasteiger partial charge in [-0.1, -0.05) is 29.8 Å². The van der Waals surface area contributed by atoms with Gasteiger partial charge in [0.1, 0.15) is 5.76 Å². The summed E-state index contributed by atoms with van der Waals surface area (Å²) in [6, 6.07) is 8.25. The SMILES string of the molecule is CC1=C/C(O)=C\CCC/C(SCc2sc3ccccc3c2Cl)=N\1. The number of hydrogen-bond acceptors (Lipinski definition) is 4. The molecule has 2 heterocycles. The van der Waals surface area contributed by atoms with E-state index in [1.807, 2.05) is 25.1 Å². The second kappa shape index (κ2) is 7.56. The van der Waals surface area contributed by atoms with Crippen molar-refractivity contribution in [2.45, 2.75) is 31.9 Å². The van der Waals surface area contributed by atoms with Crippen molar-refractivity contribution in [2.75, 3.05) is 0 Å². The molecule has 0 saturated carbocycles. The van der Waals surface area contributed by atoms with Crippen molar-refractivity contribution < 1.29 is 5.11 Å². The molecule has 0 spiro atoms. The Morgan fingerprint density at radius 2 is 2.17 bits per heavy atom. The Labute approximate surface area is 149 Å². The molecule has 120 valence electrons. The molecule has 1 aromatic heterocycles. The molecule has 0 unspecified atom stereocenters. The summed E-state index contributed by atoms with van der Waals surface area (Å²) in [6.07, 6.45) is 6.38. The number of nitrogens with zero attached hydrogens (tertiary/aromatic N) is 1. The van der Waals surface area contributed by atoms with Gasteiger partial charge in [0.05, 0.1) is 10.1 Å². The van der Waals surface area contributed by atoms with Gasteiger partial charge in [-0.15, -0.1) is 23.1 Å². The number of thiophene rings is 1. The number of aliphatic hydroxyl groups is 1. The zero-order valence-electron chi connectivity index (χ0n) is 12.9. The summed E-state index contributed by atoms with van der Waals surface area (Å²) in [5, 5.41) is 12.8. The lowest BCUT2D eigenvalue weighted by atomic mass is 10.2. The van der Waals surface area contributed by atoms with Crippen molar-refractivity contribution in [1.29, 1.82) is 0 Å². The molecule has 5 heteroatoms. The lowest BCUT2D eigenvalue weighted by Gasteiger charge is -2.05. The van der Waals surface area contributed by atoms with Crippen molar-refractivity contribution in [3.05, 3.63) is 57.8 Å². The quantitative estimate of drug-likeness (QED) is 0.642. The van der Waals surface area contributed by atoms with Gasteiger partial charge in [0, 0.05) is 32.5 Å². The highest BCUT2D eigenvalue weighted by molar-refractivity contribution is 8.13. The van der Waals surface area contributed by atoms with Crippen LogP contribution < -0.4 is 0 Å². The fourth-order valence-corrected chi connectivity index (χ4v) is 5.20. The molecule has 0 atom stereocenters. The molecule has 1 aliphatic heterocycles. The van der Waals surface area contributed by atoms with Gasteiger partial charge in [-0.2, -0.15) is 0 Å². The van der Waals surface area contributed by atoms with Crippen molar-refractivity contribution in [3.63, 3.8) is 0 Å². The van der Waals surface area contributed by atoms with Crippen LogP contribution in [0.5, 0.6) is 0 Å². The number of halogens is 1. The predicted molar refractivity (Wildman–Crippen MR) is 104 cm³/mol. The summed E-state index contributed by atoms with van der Waals surface area (Å²) in [5.74, 6) is 1.15. The fraction of sp³-hybridized carbons (Fsp3) is 0.278. The van der Waals surface area contributed by atoms with Crippen LogP contribution in [-0.4, -0.2) is 10.2 Å². The number of fused-ring (bicyclic) bond motifs is 1. The lowest BCUT2D eigenvalue weighted by Crippen LogP contribution is -1.94. The van der Waals surface area contributed by atoms with Crippen LogP contribution in [-0.2, 0) is 5.75 Å². The van der Waals surface area contributed by atoms with Gasteiger partial charge in [0.25, 0.3) is 0 Å². The van der Waals surface area contributed by atoms with Crippen molar-refractivity contribution in [1.82, 2.24) is 0 Å². The first-order valence-corrected chi connectivity index (χ1v) is 9.75. The number of allylic oxidation sites excluding steroid dienone is 3. The summed E-state index contributed by atoms with van der Waals surface area (Å²) in [5.41, 5.74) is 0.839. The Morgan fingerprint density at radius 1 is 1.35 bits per heavy atom. The minimum absolute atomic E-state index is 0.310. The largest absolute Gasteiger partial charge is 0.508 e. The van der Waals surface area contributed by atoms with E-state index in [1.165, 1.54) is 9.58 Å². The summed E-state index contributed by atoms with van der Waals surface area (Å²) in [7, 11) is 0. The Hall–Kier alpha value is -1.23. The highest BCUT2D eigenvalue weighted by Gasteiger charge is 2.12. The Bertz CT molecular complexity index is 804. The van der Waals surface area contributed by atoms with E-state index in [0.29, 0.717) is 5.76 Å². The van der Waals surface area contributed by atoms with Gasteiger partial charge < -0.3 is 5.11 Å². The second-order valence-electron chi connectivity index (χ2n) is 5.44. The zero-order chi connectivity index (χ0) is 16.2. The summed E-state index contributed by atoms with van der Waals surface area (Å²) in [6.45, 7) is 1.92. The van der Waals surface area contributed by atoms with E-state index in [2.05, 4.69) is 17.1 Å². The van der Waals surface area contributed by atoms with E-state index < -0.39 is 0 Å². The molecule has 3 rings (SSSR count). The van der Waals surface area contributed by atoms with Gasteiger partial charge in [-0.05, 0) is 38.3 Å². The minimum atomic E-state index is 0.310. The fourth-order valence-electron chi connectivity index (χ4n) is 2.47. The number of aliphatic hydroxyl groups excluding tert-OH is 1. The van der Waals surface area contributed by atoms with Gasteiger partial charge in [0.15, 0.2) is 0 Å². The maximum atomic E-state index is 9.71. The average molecular weight is 364 g/mol. The van der Waals surface area contributed by atoms with Crippen LogP contribution in [0.4, 0.5) is 0 Å². The molecular weight excluding hydrogens is 346 g/mol. The molecule has 0 radical (unpaired) electrons. The molecule has 0 fully saturated rings. The van der Waals surface area contributed by atoms with Crippen molar-refractivity contribution in [3.8, 4) is 0 Å². The third kappa shape index (κ3) is 4.19. The Morgan fingerprint density at radius 3 is 3.00 bits per heavy atom. The number of thioether (sulfide) groups is 1. The van der Waals surface area contributed by atoms with E-state index in [-0.39, 0.29) is 0 Å². The molecule has 2 nitrogen and oxygen atoms in total. The van der Waals surface area contributed by atoms with Crippen LogP contribution in [0.2, 0.25) is 5.02 Å². The molecule has 1 aromatic carbocycles. The normalized spacial score (nSPS) is 23.0. The molecule has 23 heavy (non-hydrogen) atoms. The van der Waals surface area contributed by atoms with Gasteiger partial charge in [-0.25, -0.2) is 0 Å². The highest BCUT2D eigenvalue weighted by Crippen LogP contribution is 2.37. The van der Waals surface area contributed by atoms with Gasteiger partial charge in [0.2, 0.25) is 0 Å². The summed E-state index contributed by atoms with van der Waals surface area (Å²) in [4.78, 5) is 5.84. The van der Waals surface area contributed by atoms with Gasteiger partial charge >= 0.3 is 0 Å². The number of benzene rings is 1. The van der Waals surface area contributed by atoms with E-state index in [0.717, 1.165) is 46.2 Å². The van der Waals surface area contributed by atoms with E-state index in [4.69, 9.17) is 11.6 Å². The Kier molecular flexibility index (Phi) is 5.46. The number of aliphatic imine (C=N–C) groups is 1. The van der Waals surface area contributed by atoms with Crippen LogP contribution in [0.25, 0.3) is 10.1 Å². The van der Waals surface area contributed by atoms with E-state index >= 15 is 0 Å². The second-order valence-corrected chi connectivity index (χ2v) is 8.00. The lowest BCUT2D eigenvalue weighted by molar-refractivity contribution is 0.428. The standard InChI is InChI=1S/C18H18ClNOS2/c1-12-10-13(21)6-2-5-9-17(20-12)22-11-16-18(19)14-7-3-4-8-15(14)23-16/h3-4,6-8,10,21H,2,5,9,11H2,1H3/b12-10-,13-6+,20-17+. The first kappa shape index (κ1) is 16.6. The number of hydrogen-bond donors (Lipinski definition) is 1. The molecule has 1 aliphatic rings. The summed E-state index contributed by atoms with van der Waals surface area (Å²) >= 11 is 10.0.